The number of ether oxygens (including phenoxy) is 1. The van der Waals surface area contributed by atoms with Crippen molar-refractivity contribution in [2.45, 2.75) is 13.0 Å². The van der Waals surface area contributed by atoms with Gasteiger partial charge in [-0.1, -0.05) is 60.7 Å². The van der Waals surface area contributed by atoms with Crippen LogP contribution in [0.2, 0.25) is 0 Å². The van der Waals surface area contributed by atoms with E-state index in [1.165, 1.54) is 12.1 Å². The first-order chi connectivity index (χ1) is 15.9. The summed E-state index contributed by atoms with van der Waals surface area (Å²) in [7, 11) is 0. The van der Waals surface area contributed by atoms with E-state index in [0.29, 0.717) is 16.7 Å². The van der Waals surface area contributed by atoms with Crippen LogP contribution in [-0.2, 0) is 14.3 Å². The van der Waals surface area contributed by atoms with Crippen molar-refractivity contribution in [2.75, 3.05) is 11.9 Å². The summed E-state index contributed by atoms with van der Waals surface area (Å²) < 4.78 is 5.13. The molecule has 3 aromatic carbocycles. The smallest absolute Gasteiger partial charge is 0.333 e. The molecule has 9 heteroatoms. The third kappa shape index (κ3) is 6.01. The van der Waals surface area contributed by atoms with Crippen LogP contribution in [-0.4, -0.2) is 29.3 Å². The first-order valence-electron chi connectivity index (χ1n) is 9.98. The first kappa shape index (κ1) is 23.1. The second-order valence-electron chi connectivity index (χ2n) is 7.07. The molecule has 0 radical (unpaired) electrons. The number of esters is 1. The second-order valence-corrected chi connectivity index (χ2v) is 7.07. The van der Waals surface area contributed by atoms with E-state index in [1.54, 1.807) is 73.7 Å². The van der Waals surface area contributed by atoms with Gasteiger partial charge in [-0.2, -0.15) is 0 Å². The monoisotopic (exact) mass is 447 g/mol. The lowest BCUT2D eigenvalue weighted by atomic mass is 10.1. The lowest BCUT2D eigenvalue weighted by Crippen LogP contribution is -2.36. The topological polar surface area (TPSA) is 128 Å². The quantitative estimate of drug-likeness (QED) is 0.309. The van der Waals surface area contributed by atoms with Gasteiger partial charge in [0.2, 0.25) is 0 Å². The van der Waals surface area contributed by atoms with Crippen molar-refractivity contribution in [2.24, 2.45) is 0 Å². The van der Waals surface area contributed by atoms with E-state index in [9.17, 15) is 24.5 Å². The zero-order chi connectivity index (χ0) is 23.8. The van der Waals surface area contributed by atoms with Crippen LogP contribution in [0.15, 0.2) is 78.9 Å². The van der Waals surface area contributed by atoms with Gasteiger partial charge in [0.15, 0.2) is 12.6 Å². The molecule has 0 aliphatic carbocycles. The molecule has 0 fully saturated rings. The number of carbonyl (C=O) groups is 3. The Morgan fingerprint density at radius 1 is 0.939 bits per heavy atom. The average molecular weight is 447 g/mol. The number of hydrogen-bond donors (Lipinski definition) is 2. The third-order valence-electron chi connectivity index (χ3n) is 4.74. The van der Waals surface area contributed by atoms with Crippen LogP contribution in [0.1, 0.15) is 27.5 Å². The molecule has 1 atom stereocenters. The maximum atomic E-state index is 12.8. The lowest BCUT2D eigenvalue weighted by molar-refractivity contribution is -0.384. The van der Waals surface area contributed by atoms with Crippen molar-refractivity contribution in [3.05, 3.63) is 106 Å². The summed E-state index contributed by atoms with van der Waals surface area (Å²) in [6.45, 7) is 0.925. The molecule has 1 unspecified atom stereocenters. The Hall–Kier alpha value is -4.53. The van der Waals surface area contributed by atoms with Gasteiger partial charge in [-0.05, 0) is 30.2 Å². The van der Waals surface area contributed by atoms with Crippen molar-refractivity contribution in [1.29, 1.82) is 0 Å². The van der Waals surface area contributed by atoms with Gasteiger partial charge in [0.05, 0.1) is 4.92 Å². The number of carbonyl (C=O) groups excluding carboxylic acids is 3. The summed E-state index contributed by atoms with van der Waals surface area (Å²) in [5.41, 5.74) is 1.08. The molecule has 0 spiro atoms. The fraction of sp³-hybridized carbons (Fsp3) is 0.125. The lowest BCUT2D eigenvalue weighted by Gasteiger charge is -2.18. The highest BCUT2D eigenvalue weighted by Gasteiger charge is 2.26. The van der Waals surface area contributed by atoms with Gasteiger partial charge in [-0.15, -0.1) is 0 Å². The van der Waals surface area contributed by atoms with Gasteiger partial charge < -0.3 is 15.4 Å². The standard InChI is InChI=1S/C24H21N3O6/c1-16-9-8-14-19(27(31)32)21(16)25-20(28)15-33-24(30)22(17-10-4-2-5-11-17)26-23(29)18-12-6-3-7-13-18/h2-14,22H,15H2,1H3,(H,25,28)(H,26,29). The van der Waals surface area contributed by atoms with Crippen LogP contribution < -0.4 is 10.6 Å². The normalized spacial score (nSPS) is 11.2. The number of rotatable bonds is 8. The number of nitro groups is 1. The van der Waals surface area contributed by atoms with Crippen LogP contribution in [0.25, 0.3) is 0 Å². The van der Waals surface area contributed by atoms with Gasteiger partial charge in [0.1, 0.15) is 5.69 Å². The highest BCUT2D eigenvalue weighted by Crippen LogP contribution is 2.27. The van der Waals surface area contributed by atoms with Crippen LogP contribution >= 0.6 is 0 Å². The van der Waals surface area contributed by atoms with Gasteiger partial charge in [-0.25, -0.2) is 4.79 Å². The summed E-state index contributed by atoms with van der Waals surface area (Å²) in [5.74, 6) is -2.08. The van der Waals surface area contributed by atoms with Gasteiger partial charge in [0, 0.05) is 11.6 Å². The highest BCUT2D eigenvalue weighted by atomic mass is 16.6. The molecule has 0 aromatic heterocycles. The molecule has 0 bridgehead atoms. The molecule has 0 aliphatic heterocycles. The minimum absolute atomic E-state index is 0.0283. The second kappa shape index (κ2) is 10.7. The summed E-state index contributed by atoms with van der Waals surface area (Å²) >= 11 is 0. The van der Waals surface area contributed by atoms with Crippen molar-refractivity contribution in [3.8, 4) is 0 Å². The summed E-state index contributed by atoms with van der Waals surface area (Å²) in [6.07, 6.45) is 0. The maximum Gasteiger partial charge on any atom is 0.333 e. The number of nitrogens with zero attached hydrogens (tertiary/aromatic N) is 1. The van der Waals surface area contributed by atoms with Crippen LogP contribution in [0.4, 0.5) is 11.4 Å². The Labute approximate surface area is 189 Å². The van der Waals surface area contributed by atoms with E-state index >= 15 is 0 Å². The summed E-state index contributed by atoms with van der Waals surface area (Å²) in [6, 6.07) is 20.0. The third-order valence-corrected chi connectivity index (χ3v) is 4.74. The molecule has 33 heavy (non-hydrogen) atoms. The van der Waals surface area contributed by atoms with Gasteiger partial charge in [0.25, 0.3) is 17.5 Å². The van der Waals surface area contributed by atoms with Crippen LogP contribution in [0.3, 0.4) is 0 Å². The highest BCUT2D eigenvalue weighted by molar-refractivity contribution is 5.98. The first-order valence-corrected chi connectivity index (χ1v) is 9.98. The number of para-hydroxylation sites is 1. The Morgan fingerprint density at radius 3 is 2.21 bits per heavy atom. The van der Waals surface area contributed by atoms with E-state index in [0.717, 1.165) is 0 Å². The van der Waals surface area contributed by atoms with Crippen LogP contribution in [0, 0.1) is 17.0 Å². The minimum atomic E-state index is -1.15. The SMILES string of the molecule is Cc1cccc([N+](=O)[O-])c1NC(=O)COC(=O)C(NC(=O)c1ccccc1)c1ccccc1. The van der Waals surface area contributed by atoms with E-state index < -0.39 is 35.4 Å². The Morgan fingerprint density at radius 2 is 1.58 bits per heavy atom. The molecule has 0 aliphatic rings. The van der Waals surface area contributed by atoms with Gasteiger partial charge in [-0.3, -0.25) is 19.7 Å². The zero-order valence-electron chi connectivity index (χ0n) is 17.7. The van der Waals surface area contributed by atoms with Crippen molar-refractivity contribution >= 4 is 29.2 Å². The number of aryl methyl sites for hydroxylation is 1. The summed E-state index contributed by atoms with van der Waals surface area (Å²) in [5, 5.41) is 16.3. The molecule has 0 heterocycles. The molecular formula is C24H21N3O6. The fourth-order valence-electron chi connectivity index (χ4n) is 3.09. The molecule has 3 rings (SSSR count). The fourth-order valence-corrected chi connectivity index (χ4v) is 3.09. The predicted molar refractivity (Wildman–Crippen MR) is 121 cm³/mol. The van der Waals surface area contributed by atoms with Gasteiger partial charge >= 0.3 is 5.97 Å². The number of anilines is 1. The predicted octanol–water partition coefficient (Wildman–Crippen LogP) is 3.56. The Kier molecular flexibility index (Phi) is 7.48. The molecule has 9 nitrogen and oxygen atoms in total. The molecule has 2 N–H and O–H groups in total. The van der Waals surface area contributed by atoms with Crippen LogP contribution in [0.5, 0.6) is 0 Å². The molecule has 0 saturated heterocycles. The number of nitrogens with one attached hydrogen (secondary N) is 2. The summed E-state index contributed by atoms with van der Waals surface area (Å²) in [4.78, 5) is 48.3. The van der Waals surface area contributed by atoms with E-state index in [2.05, 4.69) is 10.6 Å². The minimum Gasteiger partial charge on any atom is -0.454 e. The Balaban J connectivity index is 1.71. The number of benzene rings is 3. The molecule has 2 amide bonds. The zero-order valence-corrected chi connectivity index (χ0v) is 17.7. The number of amides is 2. The average Bonchev–Trinajstić information content (AvgIpc) is 2.83. The number of hydrogen-bond acceptors (Lipinski definition) is 6. The number of nitro benzene ring substituents is 1. The van der Waals surface area contributed by atoms with Crippen molar-refractivity contribution < 1.29 is 24.0 Å². The van der Waals surface area contributed by atoms with E-state index in [1.807, 2.05) is 0 Å². The molecule has 3 aromatic rings. The van der Waals surface area contributed by atoms with E-state index in [-0.39, 0.29) is 11.4 Å². The molecular weight excluding hydrogens is 426 g/mol. The Bertz CT molecular complexity index is 1170. The van der Waals surface area contributed by atoms with Crippen molar-refractivity contribution in [3.63, 3.8) is 0 Å². The molecule has 0 saturated carbocycles. The van der Waals surface area contributed by atoms with Crippen molar-refractivity contribution in [1.82, 2.24) is 5.32 Å². The largest absolute Gasteiger partial charge is 0.454 e. The maximum absolute atomic E-state index is 12.8. The molecule has 168 valence electrons. The van der Waals surface area contributed by atoms with E-state index in [4.69, 9.17) is 4.74 Å².